The molecule has 2 heterocycles. The van der Waals surface area contributed by atoms with Gasteiger partial charge < -0.3 is 88.7 Å². The Labute approximate surface area is 698 Å². The van der Waals surface area contributed by atoms with Crippen LogP contribution >= 0.6 is 7.82 Å². The number of hydrogen-bond acceptors (Lipinski definition) is 24. The van der Waals surface area contributed by atoms with Crippen molar-refractivity contribution >= 4 is 31.7 Å². The first-order chi connectivity index (χ1) is 56.1. The lowest BCUT2D eigenvalue weighted by atomic mass is 9.84. The minimum absolute atomic E-state index is 0.0105. The topological polar surface area (TPSA) is 380 Å². The van der Waals surface area contributed by atoms with E-state index >= 15 is 0 Å². The van der Waals surface area contributed by atoms with Gasteiger partial charge in [0.1, 0.15) is 92.6 Å². The fourth-order valence-corrected chi connectivity index (χ4v) is 16.3. The summed E-state index contributed by atoms with van der Waals surface area (Å²) in [6.45, 7) is 7.84. The molecule has 0 bridgehead atoms. The standard InChI is InChI=1S/C90H165O25P/c1-6-10-14-18-22-25-28-31-32-35-37-40-43-50-56-62-74(93)107-68-72-78(97)80(99)84(103)90(111-72)114-87-85(112-76(95)64-58-52-46-45-48-54-60-69(5)59-53-47-21-17-13-9-4)81(100)82(101)86(113-89-83(102)79(98)77(96)71(65-91)110-89)88(87)115-116(104,105)108-67-70(109-75(94)63-57-51-44-41-38-34-30-27-24-20-16-12-8-3)66-106-73(92)61-55-49-42-39-36-33-29-26-23-19-15-11-7-2/h33-34,36,38,69-72,77-91,96-103H,6-32,35,37,39-68H2,1-5H3,(H,104,105)/b36-33-,38-34-. The molecular formula is C90H165O25P. The van der Waals surface area contributed by atoms with E-state index in [9.17, 15) is 74.6 Å². The number of phosphoric ester groups is 1. The molecule has 0 aromatic carbocycles. The van der Waals surface area contributed by atoms with E-state index < -0.39 is 162 Å². The van der Waals surface area contributed by atoms with Crippen molar-refractivity contribution in [2.24, 2.45) is 5.92 Å². The van der Waals surface area contributed by atoms with Crippen molar-refractivity contribution in [3.63, 3.8) is 0 Å². The van der Waals surface area contributed by atoms with E-state index in [1.54, 1.807) is 0 Å². The van der Waals surface area contributed by atoms with E-state index in [0.717, 1.165) is 122 Å². The molecule has 3 aliphatic rings. The van der Waals surface area contributed by atoms with Gasteiger partial charge in [-0.05, 0) is 83.0 Å². The Balaban J connectivity index is 1.94. The van der Waals surface area contributed by atoms with Crippen molar-refractivity contribution in [1.29, 1.82) is 0 Å². The lowest BCUT2D eigenvalue weighted by molar-refractivity contribution is -0.360. The minimum Gasteiger partial charge on any atom is -0.463 e. The zero-order valence-electron chi connectivity index (χ0n) is 72.5. The average molecular weight is 1680 g/mol. The Morgan fingerprint density at radius 1 is 0.362 bits per heavy atom. The number of carbonyl (C=O) groups is 4. The summed E-state index contributed by atoms with van der Waals surface area (Å²) in [6, 6.07) is 0. The molecule has 0 amide bonds. The summed E-state index contributed by atoms with van der Waals surface area (Å²) in [5.74, 6) is -2.38. The molecule has 19 unspecified atom stereocenters. The van der Waals surface area contributed by atoms with Gasteiger partial charge in [0.2, 0.25) is 0 Å². The van der Waals surface area contributed by atoms with Crippen molar-refractivity contribution in [1.82, 2.24) is 0 Å². The monoisotopic (exact) mass is 1680 g/mol. The fourth-order valence-electron chi connectivity index (χ4n) is 15.3. The Morgan fingerprint density at radius 3 is 1.12 bits per heavy atom. The van der Waals surface area contributed by atoms with Gasteiger partial charge >= 0.3 is 31.7 Å². The summed E-state index contributed by atoms with van der Waals surface area (Å²) in [6.07, 6.45) is 26.3. The van der Waals surface area contributed by atoms with Gasteiger partial charge in [0, 0.05) is 25.7 Å². The largest absolute Gasteiger partial charge is 0.472 e. The van der Waals surface area contributed by atoms with Gasteiger partial charge in [0.05, 0.1) is 13.2 Å². The van der Waals surface area contributed by atoms with E-state index in [1.165, 1.54) is 167 Å². The highest BCUT2D eigenvalue weighted by Crippen LogP contribution is 2.49. The molecule has 26 heteroatoms. The molecule has 3 fully saturated rings. The van der Waals surface area contributed by atoms with Crippen molar-refractivity contribution in [2.75, 3.05) is 26.4 Å². The molecule has 10 N–H and O–H groups in total. The van der Waals surface area contributed by atoms with E-state index in [1.807, 2.05) is 0 Å². The first-order valence-corrected chi connectivity index (χ1v) is 48.0. The number of ether oxygens (including phenoxy) is 8. The summed E-state index contributed by atoms with van der Waals surface area (Å²) in [5.41, 5.74) is 0. The van der Waals surface area contributed by atoms with Crippen molar-refractivity contribution < 1.29 is 122 Å². The molecule has 3 rings (SSSR count). The number of aliphatic hydroxyl groups excluding tert-OH is 9. The molecule has 1 aliphatic carbocycles. The lowest BCUT2D eigenvalue weighted by Crippen LogP contribution is -2.70. The van der Waals surface area contributed by atoms with Crippen molar-refractivity contribution in [3.05, 3.63) is 24.3 Å². The lowest BCUT2D eigenvalue weighted by Gasteiger charge is -2.50. The van der Waals surface area contributed by atoms with E-state index in [4.69, 9.17) is 46.9 Å². The molecule has 2 saturated heterocycles. The number of unbranched alkanes of at least 4 members (excludes halogenated alkanes) is 42. The number of allylic oxidation sites excluding steroid dienone is 4. The van der Waals surface area contributed by atoms with Gasteiger partial charge in [-0.3, -0.25) is 28.2 Å². The van der Waals surface area contributed by atoms with Crippen LogP contribution in [-0.2, 0) is 70.7 Å². The van der Waals surface area contributed by atoms with Crippen LogP contribution in [0, 0.1) is 5.92 Å². The zero-order chi connectivity index (χ0) is 84.8. The van der Waals surface area contributed by atoms with Crippen LogP contribution in [0.2, 0.25) is 0 Å². The number of hydrogen-bond donors (Lipinski definition) is 10. The smallest absolute Gasteiger partial charge is 0.463 e. The fraction of sp³-hybridized carbons (Fsp3) is 0.911. The SMILES string of the molecule is CCCCCCCC/C=C\CCCCCC(=O)OCC(COP(=O)(O)OC1C(OC2OC(CO)C(O)C(O)C2O)C(O)C(O)C(OC(=O)CCCCCCCCC(C)CCCCCCCC)C1OC1OC(COC(=O)CCCCCCCCCCCCCCCCC)C(O)C(O)C1O)OC(=O)CCCCC/C=C\CCCCCCCC. The molecule has 680 valence electrons. The molecule has 1 saturated carbocycles. The third-order valence-electron chi connectivity index (χ3n) is 22.8. The normalized spacial score (nSPS) is 25.5. The Bertz CT molecular complexity index is 2530. The minimum atomic E-state index is -5.81. The maximum atomic E-state index is 14.9. The summed E-state index contributed by atoms with van der Waals surface area (Å²) in [4.78, 5) is 66.4. The highest BCUT2D eigenvalue weighted by Gasteiger charge is 2.60. The summed E-state index contributed by atoms with van der Waals surface area (Å²) in [5, 5.41) is 102. The molecular weight excluding hydrogens is 1510 g/mol. The molecule has 0 spiro atoms. The first-order valence-electron chi connectivity index (χ1n) is 46.5. The summed E-state index contributed by atoms with van der Waals surface area (Å²) >= 11 is 0. The van der Waals surface area contributed by atoms with Gasteiger partial charge in [-0.2, -0.15) is 0 Å². The Hall–Kier alpha value is -3.05. The number of rotatable bonds is 74. The third kappa shape index (κ3) is 48.7. The molecule has 116 heavy (non-hydrogen) atoms. The maximum absolute atomic E-state index is 14.9. The predicted octanol–water partition coefficient (Wildman–Crippen LogP) is 16.8. The first kappa shape index (κ1) is 107. The average Bonchev–Trinajstić information content (AvgIpc) is 0.754. The molecule has 0 aromatic heterocycles. The van der Waals surface area contributed by atoms with E-state index in [-0.39, 0.29) is 25.7 Å². The Morgan fingerprint density at radius 2 is 0.698 bits per heavy atom. The van der Waals surface area contributed by atoms with Gasteiger partial charge in [0.25, 0.3) is 0 Å². The van der Waals surface area contributed by atoms with Crippen LogP contribution in [0.25, 0.3) is 0 Å². The van der Waals surface area contributed by atoms with Crippen molar-refractivity contribution in [3.8, 4) is 0 Å². The van der Waals surface area contributed by atoms with E-state index in [0.29, 0.717) is 44.4 Å². The van der Waals surface area contributed by atoms with Crippen LogP contribution in [0.1, 0.15) is 388 Å². The highest BCUT2D eigenvalue weighted by atomic mass is 31.2. The number of carbonyl (C=O) groups excluding carboxylic acids is 4. The van der Waals surface area contributed by atoms with Gasteiger partial charge in [-0.15, -0.1) is 0 Å². The van der Waals surface area contributed by atoms with Crippen LogP contribution in [0.15, 0.2) is 24.3 Å². The third-order valence-corrected chi connectivity index (χ3v) is 23.8. The zero-order valence-corrected chi connectivity index (χ0v) is 73.4. The molecule has 19 atom stereocenters. The van der Waals surface area contributed by atoms with E-state index in [2.05, 4.69) is 58.9 Å². The van der Waals surface area contributed by atoms with Crippen LogP contribution < -0.4 is 0 Å². The highest BCUT2D eigenvalue weighted by molar-refractivity contribution is 7.47. The predicted molar refractivity (Wildman–Crippen MR) is 449 cm³/mol. The maximum Gasteiger partial charge on any atom is 0.472 e. The van der Waals surface area contributed by atoms with Crippen LogP contribution in [0.5, 0.6) is 0 Å². The molecule has 0 radical (unpaired) electrons. The van der Waals surface area contributed by atoms with Gasteiger partial charge in [0.15, 0.2) is 24.8 Å². The van der Waals surface area contributed by atoms with Gasteiger partial charge in [-0.25, -0.2) is 4.57 Å². The van der Waals surface area contributed by atoms with Crippen molar-refractivity contribution in [2.45, 2.75) is 492 Å². The summed E-state index contributed by atoms with van der Waals surface area (Å²) in [7, 11) is -5.81. The van der Waals surface area contributed by atoms with Crippen LogP contribution in [-0.4, -0.2) is 205 Å². The second-order valence-electron chi connectivity index (χ2n) is 33.4. The second-order valence-corrected chi connectivity index (χ2v) is 34.8. The number of aliphatic hydroxyl groups is 9. The summed E-state index contributed by atoms with van der Waals surface area (Å²) < 4.78 is 73.4. The molecule has 0 aromatic rings. The number of esters is 4. The quantitative estimate of drug-likeness (QED) is 0.00889. The Kier molecular flexibility index (Phi) is 63.2. The molecule has 2 aliphatic heterocycles. The van der Waals surface area contributed by atoms with Crippen LogP contribution in [0.4, 0.5) is 0 Å². The number of phosphoric acid groups is 1. The molecule has 25 nitrogen and oxygen atoms in total. The second kappa shape index (κ2) is 68.4. The van der Waals surface area contributed by atoms with Crippen LogP contribution in [0.3, 0.4) is 0 Å². The van der Waals surface area contributed by atoms with Gasteiger partial charge in [-0.1, -0.05) is 309 Å².